The van der Waals surface area contributed by atoms with Gasteiger partial charge in [-0.15, -0.1) is 0 Å². The molecule has 0 aromatic carbocycles. The van der Waals surface area contributed by atoms with E-state index in [2.05, 4.69) is 18.9 Å². The number of carbonyl (C=O) groups is 6. The second-order valence-corrected chi connectivity index (χ2v) is 12.5. The molecule has 318 valence electrons. The van der Waals surface area contributed by atoms with E-state index in [1.54, 1.807) is 0 Å². The van der Waals surface area contributed by atoms with E-state index < -0.39 is 112 Å². The molecule has 16 nitrogen and oxygen atoms in total. The molecule has 3 fully saturated rings. The zero-order chi connectivity index (χ0) is 44.0. The normalized spacial score (nSPS) is 28.2. The van der Waals surface area contributed by atoms with E-state index in [0.717, 1.165) is 54.7 Å². The van der Waals surface area contributed by atoms with E-state index in [4.69, 9.17) is 18.9 Å². The monoisotopic (exact) mass is 856 g/mol. The molecule has 5 rings (SSSR count). The first-order valence-corrected chi connectivity index (χ1v) is 16.1. The Morgan fingerprint density at radius 2 is 0.814 bits per heavy atom. The van der Waals surface area contributed by atoms with Gasteiger partial charge in [0.1, 0.15) is 11.1 Å². The second-order valence-electron chi connectivity index (χ2n) is 12.5. The van der Waals surface area contributed by atoms with Crippen LogP contribution in [-0.4, -0.2) is 77.5 Å². The largest absolute Gasteiger partial charge is 0.568 e. The molecular weight excluding hydrogens is 835 g/mol. The summed E-state index contributed by atoms with van der Waals surface area (Å²) in [7, 11) is 0. The number of halogens is 9. The molecule has 25 heteroatoms. The summed E-state index contributed by atoms with van der Waals surface area (Å²) in [5.41, 5.74) is -3.62. The maximum absolute atomic E-state index is 13.1. The van der Waals surface area contributed by atoms with Gasteiger partial charge in [-0.25, -0.2) is 28.8 Å². The van der Waals surface area contributed by atoms with Gasteiger partial charge in [-0.2, -0.15) is 39.5 Å². The Kier molecular flexibility index (Phi) is 11.0. The number of cyclic esters (lactones) is 2. The highest BCUT2D eigenvalue weighted by molar-refractivity contribution is 6.16. The number of rotatable bonds is 6. The summed E-state index contributed by atoms with van der Waals surface area (Å²) in [6, 6.07) is 0. The first-order valence-electron chi connectivity index (χ1n) is 16.1. The molecule has 4 aliphatic heterocycles. The van der Waals surface area contributed by atoms with Crippen LogP contribution in [0.4, 0.5) is 39.5 Å². The Bertz CT molecular complexity index is 2050. The van der Waals surface area contributed by atoms with Crippen molar-refractivity contribution in [3.63, 3.8) is 0 Å². The van der Waals surface area contributed by atoms with Gasteiger partial charge in [0.2, 0.25) is 0 Å². The quantitative estimate of drug-likeness (QED) is 0.0936. The van der Waals surface area contributed by atoms with Gasteiger partial charge < -0.3 is 48.1 Å². The van der Waals surface area contributed by atoms with E-state index >= 15 is 0 Å². The Hall–Kier alpha value is -6.69. The third-order valence-electron chi connectivity index (χ3n) is 8.45. The fourth-order valence-electron chi connectivity index (χ4n) is 5.35. The molecular formula is C34H21F9O16-2. The molecule has 0 amide bonds. The minimum atomic E-state index is -6.38. The Morgan fingerprint density at radius 1 is 0.458 bits per heavy atom. The summed E-state index contributed by atoms with van der Waals surface area (Å²) < 4.78 is 154. The predicted octanol–water partition coefficient (Wildman–Crippen LogP) is 2.62. The van der Waals surface area contributed by atoms with Gasteiger partial charge >= 0.3 is 60.1 Å². The highest BCUT2D eigenvalue weighted by Crippen LogP contribution is 2.50. The maximum Gasteiger partial charge on any atom is 0.449 e. The number of ether oxygens (including phenoxy) is 8. The van der Waals surface area contributed by atoms with Gasteiger partial charge in [0.05, 0.1) is 23.0 Å². The molecule has 0 aromatic heterocycles. The summed E-state index contributed by atoms with van der Waals surface area (Å²) in [6.07, 6.45) is -10.9. The SMILES string of the molecule is CC1(C(F)(F)F)OC(=O)C(/C=C/C=C/C=C2C(=O)OC3(CCC4(CC3)OC(=O)C(=C/C=C/C=C/C3=C([O-])OC(C(F)(F)F)(C(F)(F)F)OC3=O)C(=O)O4)OC2=O)=C([O-])O1. The van der Waals surface area contributed by atoms with Crippen LogP contribution >= 0.6 is 0 Å². The van der Waals surface area contributed by atoms with Crippen LogP contribution in [0.5, 0.6) is 0 Å². The molecule has 1 aliphatic carbocycles. The third kappa shape index (κ3) is 8.34. The lowest BCUT2D eigenvalue weighted by molar-refractivity contribution is -0.493. The van der Waals surface area contributed by atoms with Gasteiger partial charge in [0.25, 0.3) is 17.4 Å². The van der Waals surface area contributed by atoms with Crippen LogP contribution in [0.15, 0.2) is 94.9 Å². The molecule has 0 bridgehead atoms. The van der Waals surface area contributed by atoms with Gasteiger partial charge in [-0.1, -0.05) is 36.5 Å². The first kappa shape index (κ1) is 43.4. The van der Waals surface area contributed by atoms with E-state index in [1.165, 1.54) is 0 Å². The van der Waals surface area contributed by atoms with Crippen molar-refractivity contribution in [3.8, 4) is 0 Å². The topological polar surface area (TPSA) is 222 Å². The minimum Gasteiger partial charge on any atom is -0.568 e. The molecule has 1 unspecified atom stereocenters. The first-order chi connectivity index (χ1) is 27.2. The molecule has 1 saturated carbocycles. The van der Waals surface area contributed by atoms with E-state index in [1.807, 2.05) is 0 Å². The van der Waals surface area contributed by atoms with Crippen LogP contribution in [0, 0.1) is 0 Å². The van der Waals surface area contributed by atoms with Crippen molar-refractivity contribution in [3.05, 3.63) is 94.9 Å². The van der Waals surface area contributed by atoms with Crippen molar-refractivity contribution < 1.29 is 116 Å². The van der Waals surface area contributed by atoms with Crippen molar-refractivity contribution in [1.29, 1.82) is 0 Å². The van der Waals surface area contributed by atoms with Crippen molar-refractivity contribution in [2.75, 3.05) is 0 Å². The third-order valence-corrected chi connectivity index (χ3v) is 8.45. The van der Waals surface area contributed by atoms with Crippen LogP contribution in [-0.2, 0) is 66.7 Å². The molecule has 59 heavy (non-hydrogen) atoms. The van der Waals surface area contributed by atoms with E-state index in [-0.39, 0.29) is 25.7 Å². The number of hydrogen-bond acceptors (Lipinski definition) is 16. The van der Waals surface area contributed by atoms with Gasteiger partial charge in [-0.3, -0.25) is 0 Å². The second kappa shape index (κ2) is 14.9. The molecule has 0 N–H and O–H groups in total. The summed E-state index contributed by atoms with van der Waals surface area (Å²) in [5.74, 6) is -25.6. The molecule has 0 radical (unpaired) electrons. The number of allylic oxidation sites excluding steroid dienone is 8. The lowest BCUT2D eigenvalue weighted by atomic mass is 9.87. The maximum atomic E-state index is 13.1. The molecule has 4 heterocycles. The molecule has 2 saturated heterocycles. The minimum absolute atomic E-state index is 0.331. The summed E-state index contributed by atoms with van der Waals surface area (Å²) in [5, 5.41) is 23.8. The smallest absolute Gasteiger partial charge is 0.449 e. The van der Waals surface area contributed by atoms with Crippen molar-refractivity contribution in [1.82, 2.24) is 0 Å². The van der Waals surface area contributed by atoms with Gasteiger partial charge in [-0.05, 0) is 31.2 Å². The highest BCUT2D eigenvalue weighted by atomic mass is 19.4. The molecule has 0 aromatic rings. The molecule has 5 aliphatic rings. The standard InChI is InChI=1S/C34H23F9O16/c1-28(32(35,36)37)52-20(44)16(21(45)53-28)8-4-2-5-9-17-22(46)54-29(55-23(17)47)12-14-30(15-13-29)56-24(48)18(25(49)57-30)10-6-3-7-11-19-26(50)58-31(33(38,39)40,34(41,42)43)59-27(19)51/h2-11,44,50H,12-15H2,1H3/p-2/b5-2+,6-3+,8-4+,11-7+,17-9?,18-10?. The van der Waals surface area contributed by atoms with E-state index in [0.29, 0.717) is 13.0 Å². The lowest BCUT2D eigenvalue weighted by Gasteiger charge is -2.45. The van der Waals surface area contributed by atoms with Crippen LogP contribution in [0.3, 0.4) is 0 Å². The molecule has 1 atom stereocenters. The number of alkyl halides is 9. The fraction of sp³-hybridized carbons (Fsp3) is 0.353. The number of hydrogen-bond donors (Lipinski definition) is 0. The van der Waals surface area contributed by atoms with Crippen LogP contribution in [0.25, 0.3) is 0 Å². The Morgan fingerprint density at radius 3 is 1.14 bits per heavy atom. The zero-order valence-corrected chi connectivity index (χ0v) is 29.0. The fourth-order valence-corrected chi connectivity index (χ4v) is 5.35. The lowest BCUT2D eigenvalue weighted by Crippen LogP contribution is -2.63. The summed E-state index contributed by atoms with van der Waals surface area (Å²) >= 11 is 0. The van der Waals surface area contributed by atoms with Crippen LogP contribution < -0.4 is 10.2 Å². The van der Waals surface area contributed by atoms with Gasteiger partial charge in [0.15, 0.2) is 0 Å². The zero-order valence-electron chi connectivity index (χ0n) is 29.0. The van der Waals surface area contributed by atoms with Crippen molar-refractivity contribution in [2.45, 2.75) is 74.3 Å². The number of esters is 6. The molecule has 2 spiro atoms. The van der Waals surface area contributed by atoms with Crippen LogP contribution in [0.1, 0.15) is 32.6 Å². The average Bonchev–Trinajstić information content (AvgIpc) is 3.08. The van der Waals surface area contributed by atoms with Crippen molar-refractivity contribution >= 4 is 35.8 Å². The Balaban J connectivity index is 1.15. The van der Waals surface area contributed by atoms with Crippen LogP contribution in [0.2, 0.25) is 0 Å². The Labute approximate surface area is 321 Å². The van der Waals surface area contributed by atoms with Crippen molar-refractivity contribution in [2.24, 2.45) is 0 Å². The predicted molar refractivity (Wildman–Crippen MR) is 159 cm³/mol. The average molecular weight is 857 g/mol. The number of carbonyl (C=O) groups excluding carboxylic acids is 6. The highest BCUT2D eigenvalue weighted by Gasteiger charge is 2.74. The summed E-state index contributed by atoms with van der Waals surface area (Å²) in [6.45, 7) is 0.331. The summed E-state index contributed by atoms with van der Waals surface area (Å²) in [4.78, 5) is 74.7. The van der Waals surface area contributed by atoms with Gasteiger partial charge in [0, 0.05) is 25.7 Å². The van der Waals surface area contributed by atoms with E-state index in [9.17, 15) is 78.5 Å².